The Morgan fingerprint density at radius 2 is 1.57 bits per heavy atom. The molecule has 5 rings (SSSR count). The highest BCUT2D eigenvalue weighted by atomic mass is 19.4. The standard InChI is InChI=1S/C30H26F3N3O/c31-30(32,33)26-15-13-24(14-16-26)28-21-29(37-34-28)36(20-8-19-35-17-5-1-2-6-18-35)22-25-11-7-10-23-9-3-4-12-27(23)25/h1-7,9-18,21H,8,19-20,22H2. The topological polar surface area (TPSA) is 32.5 Å². The van der Waals surface area contributed by atoms with Crippen LogP contribution in [0, 0.1) is 0 Å². The predicted molar refractivity (Wildman–Crippen MR) is 141 cm³/mol. The second kappa shape index (κ2) is 10.8. The van der Waals surface area contributed by atoms with Crippen LogP contribution in [0.15, 0.2) is 114 Å². The van der Waals surface area contributed by atoms with Gasteiger partial charge in [0.25, 0.3) is 0 Å². The summed E-state index contributed by atoms with van der Waals surface area (Å²) in [6, 6.07) is 21.3. The summed E-state index contributed by atoms with van der Waals surface area (Å²) in [6.45, 7) is 2.13. The van der Waals surface area contributed by atoms with E-state index in [1.807, 2.05) is 54.9 Å². The Morgan fingerprint density at radius 1 is 0.838 bits per heavy atom. The predicted octanol–water partition coefficient (Wildman–Crippen LogP) is 7.81. The summed E-state index contributed by atoms with van der Waals surface area (Å²) in [5.41, 5.74) is 1.53. The number of hydrogen-bond donors (Lipinski definition) is 0. The van der Waals surface area contributed by atoms with Crippen molar-refractivity contribution in [2.24, 2.45) is 0 Å². The molecule has 4 nitrogen and oxygen atoms in total. The molecule has 37 heavy (non-hydrogen) atoms. The fraction of sp³-hybridized carbons (Fsp3) is 0.167. The maximum absolute atomic E-state index is 13.0. The fourth-order valence-electron chi connectivity index (χ4n) is 4.38. The molecule has 0 spiro atoms. The second-order valence-corrected chi connectivity index (χ2v) is 8.84. The van der Waals surface area contributed by atoms with E-state index in [2.05, 4.69) is 39.2 Å². The Balaban J connectivity index is 1.38. The molecule has 0 bridgehead atoms. The van der Waals surface area contributed by atoms with E-state index >= 15 is 0 Å². The van der Waals surface area contributed by atoms with E-state index in [9.17, 15) is 13.2 Å². The van der Waals surface area contributed by atoms with Gasteiger partial charge in [-0.1, -0.05) is 71.9 Å². The fourth-order valence-corrected chi connectivity index (χ4v) is 4.38. The van der Waals surface area contributed by atoms with E-state index < -0.39 is 11.7 Å². The Bertz CT molecular complexity index is 1410. The van der Waals surface area contributed by atoms with E-state index in [0.29, 0.717) is 30.2 Å². The van der Waals surface area contributed by atoms with Gasteiger partial charge >= 0.3 is 6.18 Å². The zero-order valence-corrected chi connectivity index (χ0v) is 20.1. The number of benzene rings is 3. The lowest BCUT2D eigenvalue weighted by Crippen LogP contribution is -2.26. The van der Waals surface area contributed by atoms with Gasteiger partial charge in [0.15, 0.2) is 0 Å². The van der Waals surface area contributed by atoms with Crippen molar-refractivity contribution in [3.63, 3.8) is 0 Å². The van der Waals surface area contributed by atoms with Gasteiger partial charge in [-0.15, -0.1) is 0 Å². The summed E-state index contributed by atoms with van der Waals surface area (Å²) in [4.78, 5) is 4.26. The van der Waals surface area contributed by atoms with E-state index in [1.54, 1.807) is 6.07 Å². The third-order valence-electron chi connectivity index (χ3n) is 6.29. The molecule has 0 N–H and O–H groups in total. The van der Waals surface area contributed by atoms with Crippen LogP contribution < -0.4 is 4.90 Å². The summed E-state index contributed by atoms with van der Waals surface area (Å²) >= 11 is 0. The maximum atomic E-state index is 13.0. The average Bonchev–Trinajstić information content (AvgIpc) is 3.25. The number of anilines is 1. The molecule has 3 aromatic carbocycles. The molecule has 0 atom stereocenters. The van der Waals surface area contributed by atoms with Crippen molar-refractivity contribution in [1.29, 1.82) is 0 Å². The van der Waals surface area contributed by atoms with Crippen LogP contribution >= 0.6 is 0 Å². The lowest BCUT2D eigenvalue weighted by atomic mass is 10.0. The molecular formula is C30H26F3N3O. The highest BCUT2D eigenvalue weighted by Crippen LogP contribution is 2.32. The van der Waals surface area contributed by atoms with E-state index in [1.165, 1.54) is 17.5 Å². The zero-order chi connectivity index (χ0) is 25.7. The highest BCUT2D eigenvalue weighted by Gasteiger charge is 2.30. The number of nitrogens with zero attached hydrogens (tertiary/aromatic N) is 3. The molecule has 188 valence electrons. The SMILES string of the molecule is FC(F)(F)c1ccc(-c2cc(N(CCCN3C=CC=CC=C3)Cc3cccc4ccccc34)on2)cc1. The molecule has 0 unspecified atom stereocenters. The van der Waals surface area contributed by atoms with Gasteiger partial charge in [0.1, 0.15) is 5.69 Å². The number of halogens is 3. The first-order chi connectivity index (χ1) is 18.0. The Hall–Kier alpha value is -4.26. The van der Waals surface area contributed by atoms with Gasteiger partial charge in [-0.2, -0.15) is 13.2 Å². The van der Waals surface area contributed by atoms with Crippen molar-refractivity contribution >= 4 is 16.7 Å². The van der Waals surface area contributed by atoms with Crippen molar-refractivity contribution in [2.75, 3.05) is 18.0 Å². The molecule has 0 fully saturated rings. The molecule has 4 aromatic rings. The van der Waals surface area contributed by atoms with Crippen molar-refractivity contribution in [1.82, 2.24) is 10.1 Å². The van der Waals surface area contributed by atoms with Crippen LogP contribution in [0.25, 0.3) is 22.0 Å². The van der Waals surface area contributed by atoms with Crippen LogP contribution in [-0.2, 0) is 12.7 Å². The van der Waals surface area contributed by atoms with Crippen LogP contribution in [0.3, 0.4) is 0 Å². The lowest BCUT2D eigenvalue weighted by Gasteiger charge is -2.24. The first-order valence-electron chi connectivity index (χ1n) is 12.1. The molecule has 0 saturated heterocycles. The average molecular weight is 502 g/mol. The first kappa shape index (κ1) is 24.4. The molecule has 0 amide bonds. The van der Waals surface area contributed by atoms with Crippen LogP contribution in [-0.4, -0.2) is 23.1 Å². The third-order valence-corrected chi connectivity index (χ3v) is 6.29. The van der Waals surface area contributed by atoms with Gasteiger partial charge in [0, 0.05) is 43.7 Å². The van der Waals surface area contributed by atoms with Gasteiger partial charge < -0.3 is 14.3 Å². The number of rotatable bonds is 8. The molecule has 1 aromatic heterocycles. The smallest absolute Gasteiger partial charge is 0.354 e. The maximum Gasteiger partial charge on any atom is 0.416 e. The number of allylic oxidation sites excluding steroid dienone is 4. The summed E-state index contributed by atoms with van der Waals surface area (Å²) in [6.07, 6.45) is 8.52. The molecule has 0 saturated carbocycles. The van der Waals surface area contributed by atoms with Crippen LogP contribution in [0.5, 0.6) is 0 Å². The normalized spacial score (nSPS) is 13.3. The van der Waals surface area contributed by atoms with Crippen molar-refractivity contribution in [2.45, 2.75) is 19.1 Å². The Kier molecular flexibility index (Phi) is 7.12. The molecular weight excluding hydrogens is 475 g/mol. The van der Waals surface area contributed by atoms with Crippen LogP contribution in [0.1, 0.15) is 17.5 Å². The third kappa shape index (κ3) is 5.94. The summed E-state index contributed by atoms with van der Waals surface area (Å²) in [5.74, 6) is 0.575. The number of fused-ring (bicyclic) bond motifs is 1. The summed E-state index contributed by atoms with van der Waals surface area (Å²) < 4.78 is 44.6. The van der Waals surface area contributed by atoms with Gasteiger partial charge in [-0.3, -0.25) is 0 Å². The van der Waals surface area contributed by atoms with E-state index in [0.717, 1.165) is 36.0 Å². The van der Waals surface area contributed by atoms with Crippen LogP contribution in [0.2, 0.25) is 0 Å². The first-order valence-corrected chi connectivity index (χ1v) is 12.1. The van der Waals surface area contributed by atoms with E-state index in [-0.39, 0.29) is 0 Å². The van der Waals surface area contributed by atoms with Gasteiger partial charge in [0.2, 0.25) is 5.88 Å². The van der Waals surface area contributed by atoms with E-state index in [4.69, 9.17) is 4.52 Å². The molecule has 0 aliphatic carbocycles. The molecule has 7 heteroatoms. The van der Waals surface area contributed by atoms with Crippen molar-refractivity contribution in [3.05, 3.63) is 121 Å². The molecule has 2 heterocycles. The highest BCUT2D eigenvalue weighted by molar-refractivity contribution is 5.85. The minimum absolute atomic E-state index is 0.496. The number of alkyl halides is 3. The van der Waals surface area contributed by atoms with Gasteiger partial charge in [-0.25, -0.2) is 0 Å². The zero-order valence-electron chi connectivity index (χ0n) is 20.1. The Morgan fingerprint density at radius 3 is 2.32 bits per heavy atom. The number of aromatic nitrogens is 1. The number of hydrogen-bond acceptors (Lipinski definition) is 4. The largest absolute Gasteiger partial charge is 0.416 e. The molecule has 0 radical (unpaired) electrons. The minimum atomic E-state index is -4.38. The quantitative estimate of drug-likeness (QED) is 0.247. The van der Waals surface area contributed by atoms with Crippen LogP contribution in [0.4, 0.5) is 19.1 Å². The summed E-state index contributed by atoms with van der Waals surface area (Å²) in [5, 5.41) is 6.51. The van der Waals surface area contributed by atoms with Crippen molar-refractivity contribution < 1.29 is 17.7 Å². The monoisotopic (exact) mass is 501 g/mol. The molecule has 1 aliphatic heterocycles. The lowest BCUT2D eigenvalue weighted by molar-refractivity contribution is -0.137. The Labute approximate surface area is 213 Å². The molecule has 1 aliphatic rings. The van der Waals surface area contributed by atoms with Gasteiger partial charge in [-0.05, 0) is 47.0 Å². The minimum Gasteiger partial charge on any atom is -0.354 e. The van der Waals surface area contributed by atoms with Crippen molar-refractivity contribution in [3.8, 4) is 11.3 Å². The second-order valence-electron chi connectivity index (χ2n) is 8.84. The van der Waals surface area contributed by atoms with Gasteiger partial charge in [0.05, 0.1) is 5.56 Å². The summed E-state index contributed by atoms with van der Waals surface area (Å²) in [7, 11) is 0.